The van der Waals surface area contributed by atoms with Crippen LogP contribution >= 0.6 is 15.9 Å². The predicted octanol–water partition coefficient (Wildman–Crippen LogP) is 3.73. The fourth-order valence-electron chi connectivity index (χ4n) is 2.04. The van der Waals surface area contributed by atoms with E-state index in [9.17, 15) is 0 Å². The zero-order chi connectivity index (χ0) is 9.80. The molecule has 0 radical (unpaired) electrons. The van der Waals surface area contributed by atoms with E-state index in [0.29, 0.717) is 5.92 Å². The van der Waals surface area contributed by atoms with Gasteiger partial charge in [0.2, 0.25) is 0 Å². The zero-order valence-electron chi connectivity index (χ0n) is 8.21. The largest absolute Gasteiger partial charge is 0.493 e. The number of alkyl halides is 1. The van der Waals surface area contributed by atoms with Crippen LogP contribution in [0.3, 0.4) is 0 Å². The van der Waals surface area contributed by atoms with E-state index in [1.807, 2.05) is 6.07 Å². The van der Waals surface area contributed by atoms with Crippen LogP contribution in [0, 0.1) is 0 Å². The summed E-state index contributed by atoms with van der Waals surface area (Å²) in [6, 6.07) is 8.43. The smallest absolute Gasteiger partial charge is 0.122 e. The standard InChI is InChI=1S/C12H15BrO/c13-8-3-4-10-7-9-14-12-6-2-1-5-11(10)12/h1-2,5-6,10H,3-4,7-9H2. The van der Waals surface area contributed by atoms with E-state index < -0.39 is 0 Å². The topological polar surface area (TPSA) is 9.23 Å². The molecule has 0 fully saturated rings. The molecule has 2 rings (SSSR count). The Morgan fingerprint density at radius 2 is 2.21 bits per heavy atom. The number of halogens is 1. The average molecular weight is 255 g/mol. The van der Waals surface area contributed by atoms with Crippen LogP contribution in [0.5, 0.6) is 5.75 Å². The molecule has 1 aliphatic heterocycles. The highest BCUT2D eigenvalue weighted by molar-refractivity contribution is 9.09. The van der Waals surface area contributed by atoms with Crippen molar-refractivity contribution in [3.05, 3.63) is 29.8 Å². The molecule has 0 aliphatic carbocycles. The van der Waals surface area contributed by atoms with Gasteiger partial charge in [0.1, 0.15) is 5.75 Å². The van der Waals surface area contributed by atoms with Crippen LogP contribution < -0.4 is 4.74 Å². The number of rotatable bonds is 3. The third-order valence-electron chi connectivity index (χ3n) is 2.77. The summed E-state index contributed by atoms with van der Waals surface area (Å²) in [5.41, 5.74) is 1.40. The molecule has 0 amide bonds. The molecule has 76 valence electrons. The van der Waals surface area contributed by atoms with Crippen molar-refractivity contribution in [2.45, 2.75) is 25.2 Å². The summed E-state index contributed by atoms with van der Waals surface area (Å²) >= 11 is 3.48. The number of benzene rings is 1. The molecule has 1 unspecified atom stereocenters. The molecule has 1 aromatic rings. The monoisotopic (exact) mass is 254 g/mol. The average Bonchev–Trinajstić information content (AvgIpc) is 2.26. The maximum Gasteiger partial charge on any atom is 0.122 e. The Labute approximate surface area is 93.6 Å². The molecule has 2 heteroatoms. The van der Waals surface area contributed by atoms with Crippen LogP contribution in [0.2, 0.25) is 0 Å². The second-order valence-electron chi connectivity index (χ2n) is 3.70. The fourth-order valence-corrected chi connectivity index (χ4v) is 2.36. The molecule has 1 aromatic carbocycles. The van der Waals surface area contributed by atoms with Crippen molar-refractivity contribution in [2.24, 2.45) is 0 Å². The Hall–Kier alpha value is -0.500. The van der Waals surface area contributed by atoms with E-state index in [2.05, 4.69) is 34.1 Å². The molecule has 0 saturated carbocycles. The van der Waals surface area contributed by atoms with Crippen LogP contribution in [-0.4, -0.2) is 11.9 Å². The molecule has 1 heterocycles. The van der Waals surface area contributed by atoms with Crippen molar-refractivity contribution < 1.29 is 4.74 Å². The molecule has 0 N–H and O–H groups in total. The summed E-state index contributed by atoms with van der Waals surface area (Å²) in [6.07, 6.45) is 3.69. The third-order valence-corrected chi connectivity index (χ3v) is 3.33. The zero-order valence-corrected chi connectivity index (χ0v) is 9.79. The Balaban J connectivity index is 2.14. The van der Waals surface area contributed by atoms with Gasteiger partial charge in [-0.25, -0.2) is 0 Å². The Morgan fingerprint density at radius 3 is 3.07 bits per heavy atom. The van der Waals surface area contributed by atoms with Gasteiger partial charge in [0.25, 0.3) is 0 Å². The molecule has 0 bridgehead atoms. The maximum absolute atomic E-state index is 5.62. The lowest BCUT2D eigenvalue weighted by molar-refractivity contribution is 0.263. The van der Waals surface area contributed by atoms with Crippen LogP contribution in [0.25, 0.3) is 0 Å². The van der Waals surface area contributed by atoms with E-state index in [1.165, 1.54) is 24.8 Å². The minimum absolute atomic E-state index is 0.706. The highest BCUT2D eigenvalue weighted by Gasteiger charge is 2.19. The van der Waals surface area contributed by atoms with Crippen LogP contribution in [0.1, 0.15) is 30.7 Å². The molecule has 1 atom stereocenters. The number of hydrogen-bond acceptors (Lipinski definition) is 1. The van der Waals surface area contributed by atoms with E-state index in [4.69, 9.17) is 4.74 Å². The van der Waals surface area contributed by atoms with Crippen molar-refractivity contribution in [2.75, 3.05) is 11.9 Å². The van der Waals surface area contributed by atoms with Crippen molar-refractivity contribution in [1.29, 1.82) is 0 Å². The number of ether oxygens (including phenoxy) is 1. The van der Waals surface area contributed by atoms with Gasteiger partial charge in [-0.15, -0.1) is 0 Å². The van der Waals surface area contributed by atoms with Gasteiger partial charge in [0, 0.05) is 5.33 Å². The van der Waals surface area contributed by atoms with Crippen LogP contribution in [0.15, 0.2) is 24.3 Å². The van der Waals surface area contributed by atoms with Gasteiger partial charge in [-0.05, 0) is 36.8 Å². The summed E-state index contributed by atoms with van der Waals surface area (Å²) in [6.45, 7) is 0.879. The van der Waals surface area contributed by atoms with Crippen LogP contribution in [0.4, 0.5) is 0 Å². The number of fused-ring (bicyclic) bond motifs is 1. The van der Waals surface area contributed by atoms with Gasteiger partial charge < -0.3 is 4.74 Å². The molecule has 1 nitrogen and oxygen atoms in total. The third kappa shape index (κ3) is 2.11. The van der Waals surface area contributed by atoms with Crippen molar-refractivity contribution in [3.8, 4) is 5.75 Å². The van der Waals surface area contributed by atoms with Crippen molar-refractivity contribution >= 4 is 15.9 Å². The Bertz CT molecular complexity index is 298. The summed E-state index contributed by atoms with van der Waals surface area (Å²) in [5.74, 6) is 1.80. The first-order valence-electron chi connectivity index (χ1n) is 5.19. The molecule has 14 heavy (non-hydrogen) atoms. The van der Waals surface area contributed by atoms with E-state index in [-0.39, 0.29) is 0 Å². The van der Waals surface area contributed by atoms with Crippen LogP contribution in [-0.2, 0) is 0 Å². The summed E-state index contributed by atoms with van der Waals surface area (Å²) in [5, 5.41) is 1.10. The first-order chi connectivity index (χ1) is 6.92. The molecular formula is C12H15BrO. The summed E-state index contributed by atoms with van der Waals surface area (Å²) < 4.78 is 5.62. The lowest BCUT2D eigenvalue weighted by atomic mass is 9.89. The van der Waals surface area contributed by atoms with E-state index in [0.717, 1.165) is 17.7 Å². The molecule has 0 aromatic heterocycles. The first-order valence-corrected chi connectivity index (χ1v) is 6.31. The van der Waals surface area contributed by atoms with Gasteiger partial charge in [-0.3, -0.25) is 0 Å². The number of para-hydroxylation sites is 1. The highest BCUT2D eigenvalue weighted by atomic mass is 79.9. The lowest BCUT2D eigenvalue weighted by Gasteiger charge is -2.25. The minimum atomic E-state index is 0.706. The molecular weight excluding hydrogens is 240 g/mol. The first kappa shape index (κ1) is 10.0. The van der Waals surface area contributed by atoms with Crippen molar-refractivity contribution in [1.82, 2.24) is 0 Å². The second-order valence-corrected chi connectivity index (χ2v) is 4.50. The molecule has 0 spiro atoms. The molecule has 0 saturated heterocycles. The SMILES string of the molecule is BrCCCC1CCOc2ccccc21. The van der Waals surface area contributed by atoms with Gasteiger partial charge in [0.05, 0.1) is 6.61 Å². The van der Waals surface area contributed by atoms with E-state index in [1.54, 1.807) is 0 Å². The summed E-state index contributed by atoms with van der Waals surface area (Å²) in [7, 11) is 0. The van der Waals surface area contributed by atoms with Gasteiger partial charge in [-0.2, -0.15) is 0 Å². The second kappa shape index (κ2) is 4.83. The maximum atomic E-state index is 5.62. The minimum Gasteiger partial charge on any atom is -0.493 e. The fraction of sp³-hybridized carbons (Fsp3) is 0.500. The summed E-state index contributed by atoms with van der Waals surface area (Å²) in [4.78, 5) is 0. The van der Waals surface area contributed by atoms with Gasteiger partial charge >= 0.3 is 0 Å². The normalized spacial score (nSPS) is 19.9. The lowest BCUT2D eigenvalue weighted by Crippen LogP contribution is -2.14. The molecule has 1 aliphatic rings. The quantitative estimate of drug-likeness (QED) is 0.748. The Morgan fingerprint density at radius 1 is 1.36 bits per heavy atom. The predicted molar refractivity (Wildman–Crippen MR) is 62.3 cm³/mol. The van der Waals surface area contributed by atoms with Gasteiger partial charge in [-0.1, -0.05) is 34.1 Å². The Kier molecular flexibility index (Phi) is 3.46. The van der Waals surface area contributed by atoms with E-state index >= 15 is 0 Å². The highest BCUT2D eigenvalue weighted by Crippen LogP contribution is 2.36. The van der Waals surface area contributed by atoms with Gasteiger partial charge in [0.15, 0.2) is 0 Å². The van der Waals surface area contributed by atoms with Crippen molar-refractivity contribution in [3.63, 3.8) is 0 Å². The number of hydrogen-bond donors (Lipinski definition) is 0.